The zero-order valence-corrected chi connectivity index (χ0v) is 11.2. The maximum atomic E-state index is 11.8. The Bertz CT molecular complexity index is 281. The molecule has 0 bridgehead atoms. The lowest BCUT2D eigenvalue weighted by Gasteiger charge is -2.21. The predicted octanol–water partition coefficient (Wildman–Crippen LogP) is 2.22. The molecule has 104 valence electrons. The smallest absolute Gasteiger partial charge is 0.317 e. The van der Waals surface area contributed by atoms with Gasteiger partial charge >= 0.3 is 12.0 Å². The second-order valence-electron chi connectivity index (χ2n) is 4.97. The normalized spacial score (nSPS) is 18.9. The lowest BCUT2D eigenvalue weighted by atomic mass is 10.1. The van der Waals surface area contributed by atoms with Crippen molar-refractivity contribution < 1.29 is 14.7 Å². The summed E-state index contributed by atoms with van der Waals surface area (Å²) in [5.74, 6) is -0.730. The molecule has 0 aromatic rings. The third-order valence-corrected chi connectivity index (χ3v) is 3.41. The van der Waals surface area contributed by atoms with Crippen LogP contribution in [0, 0.1) is 0 Å². The first kappa shape index (κ1) is 14.8. The number of amides is 2. The molecular formula is C13H24N2O3. The van der Waals surface area contributed by atoms with Crippen molar-refractivity contribution >= 4 is 12.0 Å². The van der Waals surface area contributed by atoms with Gasteiger partial charge in [0.15, 0.2) is 0 Å². The average molecular weight is 256 g/mol. The van der Waals surface area contributed by atoms with Gasteiger partial charge in [0.25, 0.3) is 0 Å². The number of nitrogens with one attached hydrogen (secondary N) is 1. The SMILES string of the molecule is CC1CCCN1C(=O)NCCCCCCC(=O)O. The van der Waals surface area contributed by atoms with Crippen molar-refractivity contribution in [3.05, 3.63) is 0 Å². The fraction of sp³-hybridized carbons (Fsp3) is 0.846. The van der Waals surface area contributed by atoms with E-state index in [1.807, 2.05) is 4.90 Å². The van der Waals surface area contributed by atoms with Crippen molar-refractivity contribution in [2.75, 3.05) is 13.1 Å². The van der Waals surface area contributed by atoms with Gasteiger partial charge in [0.2, 0.25) is 0 Å². The number of carboxylic acid groups (broad SMARTS) is 1. The Kier molecular flexibility index (Phi) is 6.54. The van der Waals surface area contributed by atoms with Gasteiger partial charge in [-0.2, -0.15) is 0 Å². The van der Waals surface area contributed by atoms with E-state index in [1.54, 1.807) is 0 Å². The Hall–Kier alpha value is -1.26. The van der Waals surface area contributed by atoms with Gasteiger partial charge in [0, 0.05) is 25.6 Å². The number of unbranched alkanes of at least 4 members (excludes halogenated alkanes) is 3. The number of nitrogens with zero attached hydrogens (tertiary/aromatic N) is 1. The van der Waals surface area contributed by atoms with E-state index in [9.17, 15) is 9.59 Å². The van der Waals surface area contributed by atoms with Gasteiger partial charge in [-0.3, -0.25) is 4.79 Å². The Morgan fingerprint density at radius 3 is 2.61 bits per heavy atom. The lowest BCUT2D eigenvalue weighted by Crippen LogP contribution is -2.41. The van der Waals surface area contributed by atoms with Crippen molar-refractivity contribution in [1.29, 1.82) is 0 Å². The molecule has 1 aliphatic rings. The zero-order chi connectivity index (χ0) is 13.4. The molecule has 1 unspecified atom stereocenters. The zero-order valence-electron chi connectivity index (χ0n) is 11.2. The molecule has 0 aromatic heterocycles. The summed E-state index contributed by atoms with van der Waals surface area (Å²) in [4.78, 5) is 24.0. The van der Waals surface area contributed by atoms with E-state index in [4.69, 9.17) is 5.11 Å². The van der Waals surface area contributed by atoms with Gasteiger partial charge in [-0.25, -0.2) is 4.79 Å². The van der Waals surface area contributed by atoms with Crippen LogP contribution < -0.4 is 5.32 Å². The summed E-state index contributed by atoms with van der Waals surface area (Å²) in [6, 6.07) is 0.408. The van der Waals surface area contributed by atoms with Gasteiger partial charge in [0.05, 0.1) is 0 Å². The molecule has 1 heterocycles. The molecule has 1 rings (SSSR count). The Morgan fingerprint density at radius 2 is 2.00 bits per heavy atom. The van der Waals surface area contributed by atoms with Crippen LogP contribution >= 0.6 is 0 Å². The molecule has 0 aliphatic carbocycles. The summed E-state index contributed by atoms with van der Waals surface area (Å²) in [5, 5.41) is 11.4. The number of hydrogen-bond acceptors (Lipinski definition) is 2. The van der Waals surface area contributed by atoms with E-state index in [2.05, 4.69) is 12.2 Å². The van der Waals surface area contributed by atoms with Crippen LogP contribution in [0.1, 0.15) is 51.9 Å². The molecule has 0 spiro atoms. The number of rotatable bonds is 7. The monoisotopic (exact) mass is 256 g/mol. The molecule has 1 fully saturated rings. The summed E-state index contributed by atoms with van der Waals surface area (Å²) in [5.41, 5.74) is 0. The van der Waals surface area contributed by atoms with Crippen molar-refractivity contribution in [3.63, 3.8) is 0 Å². The molecule has 1 atom stereocenters. The van der Waals surface area contributed by atoms with Crippen LogP contribution in [0.4, 0.5) is 4.79 Å². The van der Waals surface area contributed by atoms with E-state index in [0.717, 1.165) is 45.1 Å². The largest absolute Gasteiger partial charge is 0.481 e. The van der Waals surface area contributed by atoms with Crippen molar-refractivity contribution in [2.45, 2.75) is 57.9 Å². The van der Waals surface area contributed by atoms with Crippen molar-refractivity contribution in [3.8, 4) is 0 Å². The first-order valence-electron chi connectivity index (χ1n) is 6.87. The van der Waals surface area contributed by atoms with Gasteiger partial charge < -0.3 is 15.3 Å². The summed E-state index contributed by atoms with van der Waals surface area (Å²) in [6.07, 6.45) is 6.00. The Balaban J connectivity index is 1.97. The molecular weight excluding hydrogens is 232 g/mol. The van der Waals surface area contributed by atoms with Gasteiger partial charge in [-0.1, -0.05) is 12.8 Å². The first-order valence-corrected chi connectivity index (χ1v) is 6.87. The average Bonchev–Trinajstić information content (AvgIpc) is 2.73. The minimum atomic E-state index is -0.730. The highest BCUT2D eigenvalue weighted by atomic mass is 16.4. The third-order valence-electron chi connectivity index (χ3n) is 3.41. The fourth-order valence-electron chi connectivity index (χ4n) is 2.29. The van der Waals surface area contributed by atoms with Crippen molar-refractivity contribution in [2.24, 2.45) is 0 Å². The molecule has 0 radical (unpaired) electrons. The van der Waals surface area contributed by atoms with Crippen molar-refractivity contribution in [1.82, 2.24) is 10.2 Å². The second-order valence-corrected chi connectivity index (χ2v) is 4.97. The summed E-state index contributed by atoms with van der Waals surface area (Å²) >= 11 is 0. The predicted molar refractivity (Wildman–Crippen MR) is 69.5 cm³/mol. The fourth-order valence-corrected chi connectivity index (χ4v) is 2.29. The van der Waals surface area contributed by atoms with Gasteiger partial charge in [0.1, 0.15) is 0 Å². The van der Waals surface area contributed by atoms with Gasteiger partial charge in [-0.05, 0) is 32.6 Å². The number of carbonyl (C=O) groups excluding carboxylic acids is 1. The molecule has 18 heavy (non-hydrogen) atoms. The standard InChI is InChI=1S/C13H24N2O3/c1-11-7-6-10-15(11)13(18)14-9-5-3-2-4-8-12(16)17/h11H,2-10H2,1H3,(H,14,18)(H,16,17). The number of urea groups is 1. The van der Waals surface area contributed by atoms with E-state index < -0.39 is 5.97 Å². The Labute approximate surface area is 109 Å². The van der Waals surface area contributed by atoms with E-state index in [0.29, 0.717) is 12.6 Å². The van der Waals surface area contributed by atoms with Crippen LogP contribution in [0.15, 0.2) is 0 Å². The quantitative estimate of drug-likeness (QED) is 0.686. The van der Waals surface area contributed by atoms with Crippen LogP contribution in [0.2, 0.25) is 0 Å². The van der Waals surface area contributed by atoms with E-state index in [-0.39, 0.29) is 12.5 Å². The minimum absolute atomic E-state index is 0.0468. The molecule has 2 N–H and O–H groups in total. The highest BCUT2D eigenvalue weighted by Gasteiger charge is 2.24. The number of hydrogen-bond donors (Lipinski definition) is 2. The number of aliphatic carboxylic acids is 1. The van der Waals surface area contributed by atoms with Crippen LogP contribution in [0.25, 0.3) is 0 Å². The minimum Gasteiger partial charge on any atom is -0.481 e. The van der Waals surface area contributed by atoms with E-state index in [1.165, 1.54) is 0 Å². The van der Waals surface area contributed by atoms with Crippen LogP contribution in [-0.4, -0.2) is 41.1 Å². The topological polar surface area (TPSA) is 69.6 Å². The molecule has 0 saturated carbocycles. The highest BCUT2D eigenvalue weighted by molar-refractivity contribution is 5.74. The molecule has 5 nitrogen and oxygen atoms in total. The number of likely N-dealkylation sites (tertiary alicyclic amines) is 1. The molecule has 0 aromatic carbocycles. The molecule has 2 amide bonds. The lowest BCUT2D eigenvalue weighted by molar-refractivity contribution is -0.137. The van der Waals surface area contributed by atoms with Crippen LogP contribution in [0.3, 0.4) is 0 Å². The summed E-state index contributed by atoms with van der Waals surface area (Å²) in [6.45, 7) is 3.64. The molecule has 5 heteroatoms. The number of carbonyl (C=O) groups is 2. The molecule has 1 aliphatic heterocycles. The van der Waals surface area contributed by atoms with Gasteiger partial charge in [-0.15, -0.1) is 0 Å². The third kappa shape index (κ3) is 5.38. The summed E-state index contributed by atoms with van der Waals surface area (Å²) in [7, 11) is 0. The maximum Gasteiger partial charge on any atom is 0.317 e. The first-order chi connectivity index (χ1) is 8.61. The second kappa shape index (κ2) is 7.95. The molecule has 1 saturated heterocycles. The number of carboxylic acids is 1. The highest BCUT2D eigenvalue weighted by Crippen LogP contribution is 2.15. The summed E-state index contributed by atoms with van der Waals surface area (Å²) < 4.78 is 0. The Morgan fingerprint density at radius 1 is 1.28 bits per heavy atom. The van der Waals surface area contributed by atoms with Crippen LogP contribution in [-0.2, 0) is 4.79 Å². The maximum absolute atomic E-state index is 11.8. The van der Waals surface area contributed by atoms with E-state index >= 15 is 0 Å². The van der Waals surface area contributed by atoms with Crippen LogP contribution in [0.5, 0.6) is 0 Å².